The van der Waals surface area contributed by atoms with Gasteiger partial charge >= 0.3 is 6.03 Å². The van der Waals surface area contributed by atoms with Gasteiger partial charge in [0.15, 0.2) is 0 Å². The molecule has 1 aliphatic rings. The number of methoxy groups -OCH3 is 1. The third-order valence-corrected chi connectivity index (χ3v) is 4.30. The summed E-state index contributed by atoms with van der Waals surface area (Å²) >= 11 is 6.20. The summed E-state index contributed by atoms with van der Waals surface area (Å²) in [6, 6.07) is 7.45. The lowest BCUT2D eigenvalue weighted by molar-refractivity contribution is 0.0175. The molecule has 1 aromatic rings. The quantitative estimate of drug-likeness (QED) is 0.830. The molecule has 1 aromatic carbocycles. The van der Waals surface area contributed by atoms with Gasteiger partial charge in [0, 0.05) is 38.4 Å². The van der Waals surface area contributed by atoms with Gasteiger partial charge in [-0.25, -0.2) is 4.79 Å². The van der Waals surface area contributed by atoms with Crippen LogP contribution < -0.4 is 5.32 Å². The molecule has 0 saturated carbocycles. The Balaban J connectivity index is 1.90. The summed E-state index contributed by atoms with van der Waals surface area (Å²) in [7, 11) is 1.63. The molecule has 1 fully saturated rings. The summed E-state index contributed by atoms with van der Waals surface area (Å²) in [6.45, 7) is 2.79. The summed E-state index contributed by atoms with van der Waals surface area (Å²) < 4.78 is 10.8. The number of nitrogens with one attached hydrogen (secondary N) is 1. The molecule has 0 aromatic heterocycles. The van der Waals surface area contributed by atoms with E-state index < -0.39 is 0 Å². The highest BCUT2D eigenvalue weighted by Crippen LogP contribution is 2.17. The second kappa shape index (κ2) is 9.75. The van der Waals surface area contributed by atoms with E-state index in [9.17, 15) is 4.79 Å². The third kappa shape index (κ3) is 6.01. The van der Waals surface area contributed by atoms with Crippen molar-refractivity contribution in [1.29, 1.82) is 0 Å². The third-order valence-electron chi connectivity index (χ3n) is 3.93. The number of benzene rings is 1. The standard InChI is InChI=1S/C17H25ClN2O3/c1-22-11-9-20(13-14-6-2-3-8-16(14)18)17(21)19-12-15-7-4-5-10-23-15/h2-3,6,8,15H,4-5,7,9-13H2,1H3,(H,19,21). The molecule has 1 unspecified atom stereocenters. The van der Waals surface area contributed by atoms with Crippen LogP contribution in [-0.4, -0.2) is 50.4 Å². The van der Waals surface area contributed by atoms with Gasteiger partial charge in [-0.15, -0.1) is 0 Å². The smallest absolute Gasteiger partial charge is 0.317 e. The highest BCUT2D eigenvalue weighted by molar-refractivity contribution is 6.31. The molecule has 1 N–H and O–H groups in total. The minimum Gasteiger partial charge on any atom is -0.383 e. The number of carbonyl (C=O) groups excluding carboxylic acids is 1. The number of hydrogen-bond acceptors (Lipinski definition) is 3. The predicted molar refractivity (Wildman–Crippen MR) is 90.7 cm³/mol. The number of amides is 2. The zero-order valence-corrected chi connectivity index (χ0v) is 14.3. The first-order valence-corrected chi connectivity index (χ1v) is 8.45. The minimum absolute atomic E-state index is 0.115. The van der Waals surface area contributed by atoms with E-state index >= 15 is 0 Å². The first-order chi connectivity index (χ1) is 11.2. The van der Waals surface area contributed by atoms with E-state index in [1.807, 2.05) is 24.3 Å². The lowest BCUT2D eigenvalue weighted by atomic mass is 10.1. The van der Waals surface area contributed by atoms with Gasteiger partial charge in [0.25, 0.3) is 0 Å². The molecular formula is C17H25ClN2O3. The molecule has 0 aliphatic carbocycles. The first-order valence-electron chi connectivity index (χ1n) is 8.07. The Labute approximate surface area is 142 Å². The molecule has 1 atom stereocenters. The van der Waals surface area contributed by atoms with E-state index in [1.54, 1.807) is 12.0 Å². The fourth-order valence-electron chi connectivity index (χ4n) is 2.57. The summed E-state index contributed by atoms with van der Waals surface area (Å²) in [5.74, 6) is 0. The van der Waals surface area contributed by atoms with Gasteiger partial charge in [-0.05, 0) is 30.9 Å². The molecule has 6 heteroatoms. The van der Waals surface area contributed by atoms with Crippen molar-refractivity contribution in [2.75, 3.05) is 33.4 Å². The van der Waals surface area contributed by atoms with Crippen molar-refractivity contribution in [2.45, 2.75) is 31.9 Å². The maximum Gasteiger partial charge on any atom is 0.317 e. The maximum absolute atomic E-state index is 12.5. The van der Waals surface area contributed by atoms with Crippen LogP contribution in [0.5, 0.6) is 0 Å². The van der Waals surface area contributed by atoms with Crippen molar-refractivity contribution in [3.05, 3.63) is 34.9 Å². The molecule has 2 amide bonds. The molecule has 0 spiro atoms. The van der Waals surface area contributed by atoms with E-state index in [-0.39, 0.29) is 12.1 Å². The van der Waals surface area contributed by atoms with E-state index in [0.29, 0.717) is 31.3 Å². The number of carbonyl (C=O) groups is 1. The van der Waals surface area contributed by atoms with Gasteiger partial charge in [0.05, 0.1) is 12.7 Å². The first kappa shape index (κ1) is 18.0. The Morgan fingerprint density at radius 3 is 2.96 bits per heavy atom. The average molecular weight is 341 g/mol. The predicted octanol–water partition coefficient (Wildman–Crippen LogP) is 3.07. The zero-order chi connectivity index (χ0) is 16.5. The van der Waals surface area contributed by atoms with E-state index in [1.165, 1.54) is 0 Å². The Morgan fingerprint density at radius 2 is 2.26 bits per heavy atom. The summed E-state index contributed by atoms with van der Waals surface area (Å²) in [6.07, 6.45) is 3.39. The second-order valence-corrected chi connectivity index (χ2v) is 6.09. The number of halogens is 1. The second-order valence-electron chi connectivity index (χ2n) is 5.68. The summed E-state index contributed by atoms with van der Waals surface area (Å²) in [5.41, 5.74) is 0.925. The summed E-state index contributed by atoms with van der Waals surface area (Å²) in [4.78, 5) is 14.2. The Hall–Kier alpha value is -1.30. The van der Waals surface area contributed by atoms with Crippen LogP contribution in [0.2, 0.25) is 5.02 Å². The van der Waals surface area contributed by atoms with Crippen LogP contribution in [0.4, 0.5) is 4.79 Å². The molecule has 1 aliphatic heterocycles. The molecule has 128 valence electrons. The maximum atomic E-state index is 12.5. The average Bonchev–Trinajstić information content (AvgIpc) is 2.59. The number of rotatable bonds is 7. The lowest BCUT2D eigenvalue weighted by Crippen LogP contribution is -2.44. The molecule has 2 rings (SSSR count). The largest absolute Gasteiger partial charge is 0.383 e. The highest BCUT2D eigenvalue weighted by Gasteiger charge is 2.18. The minimum atomic E-state index is -0.115. The van der Waals surface area contributed by atoms with Crippen LogP contribution in [0, 0.1) is 0 Å². The van der Waals surface area contributed by atoms with Crippen molar-refractivity contribution in [3.8, 4) is 0 Å². The van der Waals surface area contributed by atoms with Crippen molar-refractivity contribution < 1.29 is 14.3 Å². The van der Waals surface area contributed by atoms with Gasteiger partial charge in [-0.3, -0.25) is 0 Å². The topological polar surface area (TPSA) is 50.8 Å². The number of ether oxygens (including phenoxy) is 2. The van der Waals surface area contributed by atoms with Crippen LogP contribution in [0.3, 0.4) is 0 Å². The van der Waals surface area contributed by atoms with Gasteiger partial charge in [0.1, 0.15) is 0 Å². The molecule has 1 heterocycles. The van der Waals surface area contributed by atoms with Crippen LogP contribution in [0.15, 0.2) is 24.3 Å². The van der Waals surface area contributed by atoms with Gasteiger partial charge in [-0.1, -0.05) is 29.8 Å². The summed E-state index contributed by atoms with van der Waals surface area (Å²) in [5, 5.41) is 3.63. The van der Waals surface area contributed by atoms with E-state index in [4.69, 9.17) is 21.1 Å². The normalized spacial score (nSPS) is 17.7. The molecule has 0 radical (unpaired) electrons. The monoisotopic (exact) mass is 340 g/mol. The van der Waals surface area contributed by atoms with Crippen LogP contribution in [0.25, 0.3) is 0 Å². The fourth-order valence-corrected chi connectivity index (χ4v) is 2.76. The molecular weight excluding hydrogens is 316 g/mol. The van der Waals surface area contributed by atoms with Gasteiger partial charge in [-0.2, -0.15) is 0 Å². The molecule has 1 saturated heterocycles. The fraction of sp³-hybridized carbons (Fsp3) is 0.588. The SMILES string of the molecule is COCCN(Cc1ccccc1Cl)C(=O)NCC1CCCCO1. The van der Waals surface area contributed by atoms with Crippen LogP contribution in [0.1, 0.15) is 24.8 Å². The molecule has 23 heavy (non-hydrogen) atoms. The van der Waals surface area contributed by atoms with Gasteiger partial charge in [0.2, 0.25) is 0 Å². The number of urea groups is 1. The Morgan fingerprint density at radius 1 is 1.43 bits per heavy atom. The van der Waals surface area contributed by atoms with E-state index in [0.717, 1.165) is 31.4 Å². The lowest BCUT2D eigenvalue weighted by Gasteiger charge is -2.26. The molecule has 0 bridgehead atoms. The van der Waals surface area contributed by atoms with Crippen molar-refractivity contribution in [1.82, 2.24) is 10.2 Å². The van der Waals surface area contributed by atoms with Gasteiger partial charge < -0.3 is 19.7 Å². The van der Waals surface area contributed by atoms with E-state index in [2.05, 4.69) is 5.32 Å². The molecule has 5 nitrogen and oxygen atoms in total. The Bertz CT molecular complexity index is 492. The van der Waals surface area contributed by atoms with Crippen LogP contribution in [-0.2, 0) is 16.0 Å². The van der Waals surface area contributed by atoms with Crippen molar-refractivity contribution >= 4 is 17.6 Å². The number of hydrogen-bond donors (Lipinski definition) is 1. The number of nitrogens with zero attached hydrogens (tertiary/aromatic N) is 1. The highest BCUT2D eigenvalue weighted by atomic mass is 35.5. The zero-order valence-electron chi connectivity index (χ0n) is 13.6. The van der Waals surface area contributed by atoms with Crippen molar-refractivity contribution in [2.24, 2.45) is 0 Å². The van der Waals surface area contributed by atoms with Crippen molar-refractivity contribution in [3.63, 3.8) is 0 Å². The van der Waals surface area contributed by atoms with Crippen LogP contribution >= 0.6 is 11.6 Å². The Kier molecular flexibility index (Phi) is 7.65.